The highest BCUT2D eigenvalue weighted by atomic mass is 16.2. The van der Waals surface area contributed by atoms with Gasteiger partial charge in [-0.25, -0.2) is 4.79 Å². The van der Waals surface area contributed by atoms with Gasteiger partial charge in [0.1, 0.15) is 6.04 Å². The normalized spacial score (nSPS) is 12.9. The minimum absolute atomic E-state index is 0.0884. The number of carbonyl (C=O) groups excluding carboxylic acids is 2. The maximum atomic E-state index is 12.5. The Hall–Kier alpha value is -2.86. The summed E-state index contributed by atoms with van der Waals surface area (Å²) < 4.78 is 0. The molecule has 0 fully saturated rings. The molecule has 0 saturated heterocycles. The maximum absolute atomic E-state index is 12.5. The lowest BCUT2D eigenvalue weighted by Gasteiger charge is -2.30. The topological polar surface area (TPSA) is 73.5 Å². The quantitative estimate of drug-likeness (QED) is 0.622. The van der Waals surface area contributed by atoms with E-state index in [0.29, 0.717) is 12.2 Å². The summed E-state index contributed by atoms with van der Waals surface area (Å²) in [6, 6.07) is 18.3. The molecule has 0 aliphatic heterocycles. The lowest BCUT2D eigenvalue weighted by molar-refractivity contribution is -0.122. The molecule has 0 aromatic heterocycles. The van der Waals surface area contributed by atoms with Gasteiger partial charge in [0.15, 0.2) is 0 Å². The molecular formula is C22H30N4O2. The lowest BCUT2D eigenvalue weighted by atomic mass is 10.0. The van der Waals surface area contributed by atoms with Gasteiger partial charge in [-0.3, -0.25) is 9.69 Å². The maximum Gasteiger partial charge on any atom is 0.319 e. The first-order chi connectivity index (χ1) is 13.5. The second kappa shape index (κ2) is 11.1. The molecule has 2 atom stereocenters. The third kappa shape index (κ3) is 6.39. The van der Waals surface area contributed by atoms with E-state index in [1.54, 1.807) is 19.1 Å². The van der Waals surface area contributed by atoms with E-state index in [0.717, 1.165) is 18.7 Å². The van der Waals surface area contributed by atoms with Crippen LogP contribution in [0.25, 0.3) is 0 Å². The summed E-state index contributed by atoms with van der Waals surface area (Å²) in [5, 5.41) is 8.37. The van der Waals surface area contributed by atoms with Gasteiger partial charge in [-0.2, -0.15) is 0 Å². The number of hydrogen-bond acceptors (Lipinski definition) is 3. The van der Waals surface area contributed by atoms with Crippen LogP contribution in [0.2, 0.25) is 0 Å². The van der Waals surface area contributed by atoms with Crippen molar-refractivity contribution in [1.29, 1.82) is 0 Å². The molecule has 2 aromatic carbocycles. The van der Waals surface area contributed by atoms with Gasteiger partial charge in [-0.1, -0.05) is 62.4 Å². The van der Waals surface area contributed by atoms with Crippen molar-refractivity contribution in [3.8, 4) is 0 Å². The van der Waals surface area contributed by atoms with Crippen molar-refractivity contribution in [3.63, 3.8) is 0 Å². The molecule has 150 valence electrons. The van der Waals surface area contributed by atoms with Gasteiger partial charge < -0.3 is 16.0 Å². The first kappa shape index (κ1) is 21.4. The van der Waals surface area contributed by atoms with Gasteiger partial charge in [0.25, 0.3) is 0 Å². The van der Waals surface area contributed by atoms with E-state index in [-0.39, 0.29) is 11.9 Å². The van der Waals surface area contributed by atoms with Crippen molar-refractivity contribution in [1.82, 2.24) is 15.5 Å². The number of benzene rings is 2. The predicted molar refractivity (Wildman–Crippen MR) is 113 cm³/mol. The van der Waals surface area contributed by atoms with Crippen LogP contribution in [0.1, 0.15) is 32.4 Å². The number of anilines is 1. The van der Waals surface area contributed by atoms with Crippen LogP contribution in [-0.2, 0) is 4.79 Å². The predicted octanol–water partition coefficient (Wildman–Crippen LogP) is 3.40. The third-order valence-corrected chi connectivity index (χ3v) is 4.68. The molecular weight excluding hydrogens is 352 g/mol. The number of amides is 3. The van der Waals surface area contributed by atoms with Crippen molar-refractivity contribution < 1.29 is 9.59 Å². The molecule has 6 nitrogen and oxygen atoms in total. The molecule has 28 heavy (non-hydrogen) atoms. The fraction of sp³-hybridized carbons (Fsp3) is 0.364. The van der Waals surface area contributed by atoms with Gasteiger partial charge in [-0.15, -0.1) is 0 Å². The number of hydrogen-bond donors (Lipinski definition) is 3. The monoisotopic (exact) mass is 382 g/mol. The Morgan fingerprint density at radius 1 is 0.929 bits per heavy atom. The average Bonchev–Trinajstić information content (AvgIpc) is 2.72. The van der Waals surface area contributed by atoms with Crippen molar-refractivity contribution in [2.24, 2.45) is 0 Å². The summed E-state index contributed by atoms with van der Waals surface area (Å²) in [5.74, 6) is -0.212. The van der Waals surface area contributed by atoms with Crippen LogP contribution in [0.4, 0.5) is 10.5 Å². The van der Waals surface area contributed by atoms with Gasteiger partial charge in [0, 0.05) is 12.2 Å². The molecule has 0 saturated carbocycles. The number of para-hydroxylation sites is 1. The van der Waals surface area contributed by atoms with E-state index < -0.39 is 12.1 Å². The van der Waals surface area contributed by atoms with E-state index >= 15 is 0 Å². The van der Waals surface area contributed by atoms with E-state index in [1.165, 1.54) is 0 Å². The lowest BCUT2D eigenvalue weighted by Crippen LogP contribution is -2.48. The second-order valence-corrected chi connectivity index (χ2v) is 6.58. The van der Waals surface area contributed by atoms with E-state index in [1.807, 2.05) is 36.4 Å². The average molecular weight is 383 g/mol. The van der Waals surface area contributed by atoms with Crippen LogP contribution >= 0.6 is 0 Å². The van der Waals surface area contributed by atoms with Crippen molar-refractivity contribution in [2.75, 3.05) is 25.0 Å². The molecule has 0 bridgehead atoms. The Bertz CT molecular complexity index is 733. The first-order valence-corrected chi connectivity index (χ1v) is 9.74. The Kier molecular flexibility index (Phi) is 8.49. The number of nitrogens with zero attached hydrogens (tertiary/aromatic N) is 1. The molecule has 0 spiro atoms. The van der Waals surface area contributed by atoms with Crippen molar-refractivity contribution >= 4 is 17.6 Å². The first-order valence-electron chi connectivity index (χ1n) is 9.74. The van der Waals surface area contributed by atoms with Crippen molar-refractivity contribution in [3.05, 3.63) is 66.2 Å². The van der Waals surface area contributed by atoms with Crippen LogP contribution < -0.4 is 16.0 Å². The van der Waals surface area contributed by atoms with Gasteiger partial charge in [0.2, 0.25) is 5.91 Å². The molecule has 0 aliphatic rings. The Labute approximate surface area is 167 Å². The molecule has 2 rings (SSSR count). The molecule has 3 N–H and O–H groups in total. The molecule has 0 aliphatic carbocycles. The highest BCUT2D eigenvalue weighted by Crippen LogP contribution is 2.19. The molecule has 0 heterocycles. The number of carbonyl (C=O) groups is 2. The largest absolute Gasteiger partial charge is 0.352 e. The van der Waals surface area contributed by atoms with Gasteiger partial charge in [0.05, 0.1) is 6.04 Å². The minimum atomic E-state index is -0.642. The molecule has 2 aromatic rings. The Morgan fingerprint density at radius 3 is 2.07 bits per heavy atom. The van der Waals surface area contributed by atoms with Crippen molar-refractivity contribution in [2.45, 2.75) is 32.9 Å². The molecule has 0 radical (unpaired) electrons. The summed E-state index contributed by atoms with van der Waals surface area (Å²) in [5.41, 5.74) is 1.84. The van der Waals surface area contributed by atoms with E-state index in [9.17, 15) is 9.59 Å². The smallest absolute Gasteiger partial charge is 0.319 e. The fourth-order valence-corrected chi connectivity index (χ4v) is 3.10. The Morgan fingerprint density at radius 2 is 1.50 bits per heavy atom. The zero-order valence-electron chi connectivity index (χ0n) is 16.8. The van der Waals surface area contributed by atoms with Gasteiger partial charge in [-0.05, 0) is 37.7 Å². The third-order valence-electron chi connectivity index (χ3n) is 4.68. The highest BCUT2D eigenvalue weighted by molar-refractivity contribution is 5.93. The number of likely N-dealkylation sites (N-methyl/N-ethyl adjacent to an activating group) is 1. The van der Waals surface area contributed by atoms with Crippen LogP contribution in [0.5, 0.6) is 0 Å². The summed E-state index contributed by atoms with van der Waals surface area (Å²) in [7, 11) is 0. The number of urea groups is 1. The van der Waals surface area contributed by atoms with Crippen LogP contribution in [0.15, 0.2) is 60.7 Å². The molecule has 3 amide bonds. The number of nitrogens with one attached hydrogen (secondary N) is 3. The zero-order chi connectivity index (χ0) is 20.4. The summed E-state index contributed by atoms with van der Waals surface area (Å²) in [6.45, 7) is 8.16. The van der Waals surface area contributed by atoms with Crippen LogP contribution in [0, 0.1) is 0 Å². The summed E-state index contributed by atoms with van der Waals surface area (Å²) in [4.78, 5) is 26.9. The summed E-state index contributed by atoms with van der Waals surface area (Å²) in [6.07, 6.45) is 0. The highest BCUT2D eigenvalue weighted by Gasteiger charge is 2.21. The number of rotatable bonds is 9. The van der Waals surface area contributed by atoms with Gasteiger partial charge >= 0.3 is 6.03 Å². The Balaban J connectivity index is 1.91. The van der Waals surface area contributed by atoms with E-state index in [4.69, 9.17) is 0 Å². The zero-order valence-corrected chi connectivity index (χ0v) is 16.8. The van der Waals surface area contributed by atoms with Crippen LogP contribution in [0.3, 0.4) is 0 Å². The minimum Gasteiger partial charge on any atom is -0.352 e. The standard InChI is InChI=1S/C22H30N4O2/c1-4-26(5-2)20(18-12-8-6-9-13-18)16-23-21(27)17(3)24-22(28)25-19-14-10-7-11-15-19/h6-15,17,20H,4-5,16H2,1-3H3,(H,23,27)(H2,24,25,28)/t17-,20+/m0/s1. The summed E-state index contributed by atoms with van der Waals surface area (Å²) >= 11 is 0. The fourth-order valence-electron chi connectivity index (χ4n) is 3.10. The van der Waals surface area contributed by atoms with Crippen LogP contribution in [-0.4, -0.2) is 42.5 Å². The second-order valence-electron chi connectivity index (χ2n) is 6.58. The molecule has 0 unspecified atom stereocenters. The SMILES string of the molecule is CCN(CC)[C@H](CNC(=O)[C@H](C)NC(=O)Nc1ccccc1)c1ccccc1. The molecule has 6 heteroatoms. The van der Waals surface area contributed by atoms with E-state index in [2.05, 4.69) is 46.8 Å².